The van der Waals surface area contributed by atoms with Crippen molar-refractivity contribution in [1.29, 1.82) is 0 Å². The number of carbonyl (C=O) groups is 4. The number of anilines is 4. The maximum absolute atomic E-state index is 14.0. The van der Waals surface area contributed by atoms with Crippen LogP contribution in [0.4, 0.5) is 31.5 Å². The summed E-state index contributed by atoms with van der Waals surface area (Å²) in [6.07, 6.45) is 32.1. The van der Waals surface area contributed by atoms with Crippen molar-refractivity contribution in [2.75, 3.05) is 35.5 Å². The van der Waals surface area contributed by atoms with E-state index in [1.165, 1.54) is 136 Å². The third-order valence-electron chi connectivity index (χ3n) is 26.0. The fraction of sp³-hybridized carbons (Fsp3) is 0.286. The number of ether oxygens (including phenoxy) is 2. The number of carbonyl (C=O) groups excluding carboxylic acids is 4. The van der Waals surface area contributed by atoms with Gasteiger partial charge < -0.3 is 66.7 Å². The summed E-state index contributed by atoms with van der Waals surface area (Å²) in [4.78, 5) is 70.6. The molecule has 4 fully saturated rings. The summed E-state index contributed by atoms with van der Waals surface area (Å²) in [5.41, 5.74) is 19.0. The lowest BCUT2D eigenvalue weighted by Gasteiger charge is -2.24. The van der Waals surface area contributed by atoms with Crippen LogP contribution < -0.4 is 30.7 Å². The lowest BCUT2D eigenvalue weighted by Crippen LogP contribution is -2.13. The fourth-order valence-corrected chi connectivity index (χ4v) is 18.6. The van der Waals surface area contributed by atoms with Crippen molar-refractivity contribution >= 4 is 46.4 Å². The van der Waals surface area contributed by atoms with Crippen LogP contribution in [0.5, 0.6) is 11.5 Å². The summed E-state index contributed by atoms with van der Waals surface area (Å²) in [6.45, 7) is 10.3. The number of aromatic nitrogens is 8. The molecule has 0 atom stereocenters. The van der Waals surface area contributed by atoms with Gasteiger partial charge in [0.05, 0.1) is 68.0 Å². The van der Waals surface area contributed by atoms with Crippen LogP contribution in [0, 0.1) is 39.3 Å². The van der Waals surface area contributed by atoms with Crippen molar-refractivity contribution < 1.29 is 55.1 Å². The molecule has 8 heterocycles. The molecule has 0 bridgehead atoms. The van der Waals surface area contributed by atoms with E-state index in [9.17, 15) is 28.0 Å². The highest BCUT2D eigenvalue weighted by Gasteiger charge is 2.32. The predicted octanol–water partition coefficient (Wildman–Crippen LogP) is 28.4. The highest BCUT2D eigenvalue weighted by atomic mass is 19.1. The molecule has 0 saturated heterocycles. The van der Waals surface area contributed by atoms with Crippen molar-refractivity contribution in [2.24, 2.45) is 0 Å². The number of furan rings is 4. The summed E-state index contributed by atoms with van der Waals surface area (Å²) >= 11 is 0. The molecule has 4 aliphatic carbocycles. The molecule has 4 amide bonds. The maximum Gasteiger partial charge on any atom is 0.291 e. The Balaban J connectivity index is 0.000000126. The van der Waals surface area contributed by atoms with Gasteiger partial charge in [-0.1, -0.05) is 215 Å². The minimum Gasteiger partial charge on any atom is -0.497 e. The van der Waals surface area contributed by atoms with Crippen molar-refractivity contribution in [1.82, 2.24) is 38.2 Å². The van der Waals surface area contributed by atoms with Gasteiger partial charge in [-0.3, -0.25) is 19.2 Å². The molecule has 0 unspecified atom stereocenters. The molecule has 696 valence electrons. The first kappa shape index (κ1) is 92.9. The van der Waals surface area contributed by atoms with Gasteiger partial charge in [-0.05, 0) is 212 Å². The average Bonchev–Trinajstić information content (AvgIpc) is 1.64. The smallest absolute Gasteiger partial charge is 0.291 e. The number of halogens is 2. The van der Waals surface area contributed by atoms with Crippen LogP contribution in [-0.2, 0) is 6.42 Å². The number of benzene rings is 8. The molecule has 16 aromatic rings. The molecule has 0 spiro atoms. The Bertz CT molecular complexity index is 6720. The molecular formula is C112H114F2N12O10. The van der Waals surface area contributed by atoms with Crippen LogP contribution >= 0.6 is 0 Å². The van der Waals surface area contributed by atoms with E-state index >= 15 is 0 Å². The molecular weight excluding hydrogens is 1710 g/mol. The Labute approximate surface area is 791 Å². The second kappa shape index (κ2) is 43.4. The molecule has 4 saturated carbocycles. The van der Waals surface area contributed by atoms with E-state index in [1.54, 1.807) is 80.9 Å². The topological polar surface area (TPSA) is 259 Å². The minimum atomic E-state index is -0.494. The Morgan fingerprint density at radius 3 is 0.926 bits per heavy atom. The van der Waals surface area contributed by atoms with E-state index in [1.807, 2.05) is 61.7 Å². The lowest BCUT2D eigenvalue weighted by atomic mass is 9.95. The number of rotatable bonds is 23. The van der Waals surface area contributed by atoms with Crippen LogP contribution in [0.2, 0.25) is 0 Å². The van der Waals surface area contributed by atoms with E-state index in [-0.39, 0.29) is 52.3 Å². The van der Waals surface area contributed by atoms with Gasteiger partial charge in [-0.25, -0.2) is 28.7 Å². The van der Waals surface area contributed by atoms with E-state index in [0.717, 1.165) is 137 Å². The van der Waals surface area contributed by atoms with Gasteiger partial charge in [0.2, 0.25) is 0 Å². The maximum atomic E-state index is 14.0. The quantitative estimate of drug-likeness (QED) is 0.0464. The summed E-state index contributed by atoms with van der Waals surface area (Å²) in [7, 11) is 3.24. The molecule has 0 aliphatic heterocycles. The Hall–Kier alpha value is -14.9. The zero-order chi connectivity index (χ0) is 94.1. The van der Waals surface area contributed by atoms with Gasteiger partial charge in [0, 0.05) is 69.5 Å². The molecule has 0 radical (unpaired) electrons. The third-order valence-corrected chi connectivity index (χ3v) is 26.0. The normalized spacial score (nSPS) is 14.2. The molecule has 136 heavy (non-hydrogen) atoms. The van der Waals surface area contributed by atoms with E-state index in [2.05, 4.69) is 171 Å². The Morgan fingerprint density at radius 1 is 0.331 bits per heavy atom. The lowest BCUT2D eigenvalue weighted by molar-refractivity contribution is 0.0989. The molecule has 8 aromatic heterocycles. The fourth-order valence-electron chi connectivity index (χ4n) is 18.6. The van der Waals surface area contributed by atoms with E-state index in [0.29, 0.717) is 70.0 Å². The van der Waals surface area contributed by atoms with Crippen molar-refractivity contribution in [3.8, 4) is 102 Å². The van der Waals surface area contributed by atoms with Gasteiger partial charge in [0.25, 0.3) is 23.6 Å². The average molecular weight is 1830 g/mol. The molecule has 24 heteroatoms. The number of hydrogen-bond acceptors (Lipinski definition) is 14. The number of methoxy groups -OCH3 is 2. The van der Waals surface area contributed by atoms with E-state index in [4.69, 9.17) is 47.1 Å². The zero-order valence-corrected chi connectivity index (χ0v) is 77.9. The Kier molecular flexibility index (Phi) is 29.6. The second-order valence-corrected chi connectivity index (χ2v) is 35.6. The molecule has 4 N–H and O–H groups in total. The number of aryl methyl sites for hydroxylation is 5. The van der Waals surface area contributed by atoms with Crippen molar-refractivity contribution in [2.45, 2.75) is 194 Å². The van der Waals surface area contributed by atoms with Gasteiger partial charge in [-0.15, -0.1) is 0 Å². The van der Waals surface area contributed by atoms with Crippen LogP contribution in [0.15, 0.2) is 280 Å². The van der Waals surface area contributed by atoms with Crippen molar-refractivity contribution in [3.05, 3.63) is 324 Å². The number of nitrogens with one attached hydrogen (secondary N) is 4. The number of amides is 4. The number of nitrogens with zero attached hydrogens (tertiary/aromatic N) is 8. The molecule has 22 nitrogen and oxygen atoms in total. The molecule has 8 aromatic carbocycles. The summed E-state index contributed by atoms with van der Waals surface area (Å²) in [5, 5.41) is 11.2. The summed E-state index contributed by atoms with van der Waals surface area (Å²) < 4.78 is 71.0. The van der Waals surface area contributed by atoms with Gasteiger partial charge >= 0.3 is 0 Å². The summed E-state index contributed by atoms with van der Waals surface area (Å²) in [5.74, 6) is 2.47. The highest BCUT2D eigenvalue weighted by Crippen LogP contribution is 2.45. The van der Waals surface area contributed by atoms with Crippen LogP contribution in [0.25, 0.3) is 90.8 Å². The standard InChI is InChI=1S/C30H33N3O3.C28H29N3O3.2C27H26FN3O2/c1-4-21-16-23(18-25(17-21)35-3)32-30(34)27-15-14-26(36-27)29-28(22-12-10-20(2)11-13-22)31-19-33(29)24-8-6-5-7-9-24;1-19-8-10-20(11-9-19)26-27(31(18-29-26)22-6-4-3-5-7-22)24-16-17-25(34-24)28(32)30-21-12-14-23(33-2)15-13-21;1-18-11-13-19(14-12-18)25-26(31(17-29-25)20-7-3-2-4-8-20)23-15-16-24(33-23)27(32)30-22-10-6-5-9-21(22)28;1-18-7-9-19(10-8-18)25-26(31(17-29-25)22-5-3-2-4-6-22)23-15-16-24(33-23)27(32)30-21-13-11-20(28)12-14-21/h10-19,24H,4-9H2,1-3H3,(H,32,34);8-18,22H,3-7H2,1-2H3,(H,30,32);5-6,9-17,20H,2-4,7-8H2,1H3,(H,30,32);7-17,22H,2-6H2,1H3,(H,30,32). The first-order valence-electron chi connectivity index (χ1n) is 47.4. The second-order valence-electron chi connectivity index (χ2n) is 35.6. The van der Waals surface area contributed by atoms with Crippen molar-refractivity contribution in [3.63, 3.8) is 0 Å². The Morgan fingerprint density at radius 2 is 0.625 bits per heavy atom. The SMILES string of the molecule is CCc1cc(NC(=O)c2ccc(-c3c(-c4ccc(C)cc4)ncn3C3CCCCC3)o2)cc(OC)c1.COc1ccc(NC(=O)c2ccc(-c3c(-c4ccc(C)cc4)ncn3C3CCCCC3)o2)cc1.Cc1ccc(-c2ncn(C3CCCCC3)c2-c2ccc(C(=O)Nc3ccc(F)cc3)o2)cc1.Cc1ccc(-c2ncn(C3CCCCC3)c2-c2ccc(C(=O)Nc3ccccc3F)o2)cc1. The van der Waals surface area contributed by atoms with Gasteiger partial charge in [-0.2, -0.15) is 0 Å². The molecule has 20 rings (SSSR count). The number of hydrogen-bond donors (Lipinski definition) is 4. The third kappa shape index (κ3) is 22.1. The van der Waals surface area contributed by atoms with Crippen LogP contribution in [0.3, 0.4) is 0 Å². The first-order chi connectivity index (χ1) is 66.3. The monoisotopic (exact) mass is 1820 g/mol. The largest absolute Gasteiger partial charge is 0.497 e. The summed E-state index contributed by atoms with van der Waals surface area (Å²) in [6, 6.07) is 73.6. The van der Waals surface area contributed by atoms with Gasteiger partial charge in [0.1, 0.15) is 45.9 Å². The number of para-hydroxylation sites is 1. The van der Waals surface area contributed by atoms with E-state index < -0.39 is 11.7 Å². The predicted molar refractivity (Wildman–Crippen MR) is 529 cm³/mol. The van der Waals surface area contributed by atoms with Crippen LogP contribution in [-0.4, -0.2) is 76.1 Å². The van der Waals surface area contributed by atoms with Gasteiger partial charge in [0.15, 0.2) is 46.1 Å². The highest BCUT2D eigenvalue weighted by molar-refractivity contribution is 6.05. The zero-order valence-electron chi connectivity index (χ0n) is 77.9. The minimum absolute atomic E-state index is 0.119. The van der Waals surface area contributed by atoms with Crippen LogP contribution in [0.1, 0.15) is 230 Å². The molecule has 4 aliphatic rings. The first-order valence-corrected chi connectivity index (χ1v) is 47.4. The number of imidazole rings is 4.